The van der Waals surface area contributed by atoms with E-state index >= 15 is 0 Å². The number of nitrogens with zero attached hydrogens (tertiary/aromatic N) is 2. The van der Waals surface area contributed by atoms with Crippen molar-refractivity contribution in [1.82, 2.24) is 15.3 Å². The summed E-state index contributed by atoms with van der Waals surface area (Å²) in [6.07, 6.45) is 1.26. The first-order valence-corrected chi connectivity index (χ1v) is 4.65. The summed E-state index contributed by atoms with van der Waals surface area (Å²) in [4.78, 5) is 19.4. The number of nitrogens with one attached hydrogen (secondary N) is 1. The van der Waals surface area contributed by atoms with E-state index in [1.165, 1.54) is 20.5 Å². The standard InChI is InChI=1S/C9H14N4O3/c1-15-8-6(7(14)11-4-3-10)9(16-2)13-5-12-8/h5H,3-4,10H2,1-2H3,(H,11,14). The number of carbonyl (C=O) groups excluding carboxylic acids is 1. The molecule has 0 saturated heterocycles. The smallest absolute Gasteiger partial charge is 0.262 e. The normalized spacial score (nSPS) is 9.69. The van der Waals surface area contributed by atoms with Gasteiger partial charge in [-0.25, -0.2) is 9.97 Å². The van der Waals surface area contributed by atoms with Crippen LogP contribution in [0.15, 0.2) is 6.33 Å². The molecule has 0 bridgehead atoms. The molecule has 0 radical (unpaired) electrons. The fourth-order valence-electron chi connectivity index (χ4n) is 1.13. The van der Waals surface area contributed by atoms with Crippen LogP contribution in [0.1, 0.15) is 10.4 Å². The average molecular weight is 226 g/mol. The van der Waals surface area contributed by atoms with E-state index in [9.17, 15) is 4.79 Å². The maximum Gasteiger partial charge on any atom is 0.262 e. The monoisotopic (exact) mass is 226 g/mol. The molecule has 1 aromatic rings. The molecule has 0 saturated carbocycles. The first-order chi connectivity index (χ1) is 7.74. The van der Waals surface area contributed by atoms with Crippen LogP contribution in [-0.4, -0.2) is 43.2 Å². The molecule has 7 heteroatoms. The fraction of sp³-hybridized carbons (Fsp3) is 0.444. The number of carbonyl (C=O) groups is 1. The van der Waals surface area contributed by atoms with Crippen LogP contribution in [0.5, 0.6) is 11.8 Å². The van der Waals surface area contributed by atoms with Crippen molar-refractivity contribution in [1.29, 1.82) is 0 Å². The predicted molar refractivity (Wildman–Crippen MR) is 56.5 cm³/mol. The van der Waals surface area contributed by atoms with E-state index in [4.69, 9.17) is 15.2 Å². The van der Waals surface area contributed by atoms with Gasteiger partial charge in [-0.3, -0.25) is 4.79 Å². The minimum Gasteiger partial charge on any atom is -0.480 e. The van der Waals surface area contributed by atoms with Gasteiger partial charge in [-0.05, 0) is 0 Å². The Morgan fingerprint density at radius 3 is 2.38 bits per heavy atom. The third kappa shape index (κ3) is 2.57. The molecular formula is C9H14N4O3. The maximum atomic E-state index is 11.8. The van der Waals surface area contributed by atoms with E-state index in [2.05, 4.69) is 15.3 Å². The van der Waals surface area contributed by atoms with Gasteiger partial charge < -0.3 is 20.5 Å². The van der Waals surface area contributed by atoms with Crippen LogP contribution in [0.2, 0.25) is 0 Å². The Hall–Kier alpha value is -1.89. The zero-order chi connectivity index (χ0) is 12.0. The zero-order valence-corrected chi connectivity index (χ0v) is 9.19. The lowest BCUT2D eigenvalue weighted by atomic mass is 10.3. The van der Waals surface area contributed by atoms with Crippen LogP contribution in [0.4, 0.5) is 0 Å². The zero-order valence-electron chi connectivity index (χ0n) is 9.19. The third-order valence-electron chi connectivity index (χ3n) is 1.82. The van der Waals surface area contributed by atoms with E-state index in [0.717, 1.165) is 0 Å². The van der Waals surface area contributed by atoms with Gasteiger partial charge in [-0.15, -0.1) is 0 Å². The van der Waals surface area contributed by atoms with Crippen LogP contribution in [0.25, 0.3) is 0 Å². The second-order valence-electron chi connectivity index (χ2n) is 2.81. The second-order valence-corrected chi connectivity index (χ2v) is 2.81. The Balaban J connectivity index is 3.03. The predicted octanol–water partition coefficient (Wildman–Crippen LogP) is -0.818. The first-order valence-electron chi connectivity index (χ1n) is 4.65. The molecule has 0 aliphatic rings. The summed E-state index contributed by atoms with van der Waals surface area (Å²) in [5.41, 5.74) is 5.46. The molecule has 0 aliphatic heterocycles. The second kappa shape index (κ2) is 5.86. The van der Waals surface area contributed by atoms with E-state index in [1.54, 1.807) is 0 Å². The van der Waals surface area contributed by atoms with Gasteiger partial charge in [-0.1, -0.05) is 0 Å². The Bertz CT molecular complexity index is 348. The lowest BCUT2D eigenvalue weighted by Gasteiger charge is -2.10. The highest BCUT2D eigenvalue weighted by atomic mass is 16.5. The molecule has 7 nitrogen and oxygen atoms in total. The molecule has 1 heterocycles. The van der Waals surface area contributed by atoms with Crippen molar-refractivity contribution in [3.05, 3.63) is 11.9 Å². The first kappa shape index (κ1) is 12.2. The summed E-state index contributed by atoms with van der Waals surface area (Å²) < 4.78 is 9.93. The summed E-state index contributed by atoms with van der Waals surface area (Å²) in [5.74, 6) is -0.0394. The third-order valence-corrected chi connectivity index (χ3v) is 1.82. The number of aromatic nitrogens is 2. The summed E-state index contributed by atoms with van der Waals surface area (Å²) in [6.45, 7) is 0.712. The molecule has 0 aliphatic carbocycles. The number of methoxy groups -OCH3 is 2. The molecule has 16 heavy (non-hydrogen) atoms. The van der Waals surface area contributed by atoms with Crippen molar-refractivity contribution in [3.8, 4) is 11.8 Å². The van der Waals surface area contributed by atoms with Gasteiger partial charge in [0.25, 0.3) is 5.91 Å². The number of amides is 1. The number of rotatable bonds is 5. The van der Waals surface area contributed by atoms with Crippen molar-refractivity contribution in [2.75, 3.05) is 27.3 Å². The van der Waals surface area contributed by atoms with Crippen molar-refractivity contribution >= 4 is 5.91 Å². The maximum absolute atomic E-state index is 11.8. The van der Waals surface area contributed by atoms with E-state index in [1.807, 2.05) is 0 Å². The van der Waals surface area contributed by atoms with Crippen LogP contribution >= 0.6 is 0 Å². The van der Waals surface area contributed by atoms with Gasteiger partial charge in [-0.2, -0.15) is 0 Å². The highest BCUT2D eigenvalue weighted by Crippen LogP contribution is 2.22. The SMILES string of the molecule is COc1ncnc(OC)c1C(=O)NCCN. The summed E-state index contributed by atoms with van der Waals surface area (Å²) in [5, 5.41) is 2.59. The molecule has 3 N–H and O–H groups in total. The Morgan fingerprint density at radius 2 is 1.94 bits per heavy atom. The minimum atomic E-state index is -0.375. The number of ether oxygens (including phenoxy) is 2. The highest BCUT2D eigenvalue weighted by molar-refractivity contribution is 5.98. The van der Waals surface area contributed by atoms with Gasteiger partial charge in [0.1, 0.15) is 6.33 Å². The van der Waals surface area contributed by atoms with E-state index < -0.39 is 0 Å². The van der Waals surface area contributed by atoms with Crippen molar-refractivity contribution in [3.63, 3.8) is 0 Å². The molecular weight excluding hydrogens is 212 g/mol. The fourth-order valence-corrected chi connectivity index (χ4v) is 1.13. The van der Waals surface area contributed by atoms with Crippen LogP contribution in [0, 0.1) is 0 Å². The number of hydrogen-bond donors (Lipinski definition) is 2. The molecule has 1 aromatic heterocycles. The van der Waals surface area contributed by atoms with Gasteiger partial charge in [0.05, 0.1) is 14.2 Å². The van der Waals surface area contributed by atoms with Gasteiger partial charge >= 0.3 is 0 Å². The molecule has 0 aromatic carbocycles. The van der Waals surface area contributed by atoms with Gasteiger partial charge in [0.15, 0.2) is 5.56 Å². The molecule has 1 amide bonds. The average Bonchev–Trinajstić information content (AvgIpc) is 2.34. The van der Waals surface area contributed by atoms with E-state index in [-0.39, 0.29) is 23.2 Å². The minimum absolute atomic E-state index is 0.168. The van der Waals surface area contributed by atoms with E-state index in [0.29, 0.717) is 13.1 Å². The topological polar surface area (TPSA) is 99.4 Å². The van der Waals surface area contributed by atoms with Gasteiger partial charge in [0.2, 0.25) is 11.8 Å². The van der Waals surface area contributed by atoms with Crippen LogP contribution in [-0.2, 0) is 0 Å². The summed E-state index contributed by atoms with van der Waals surface area (Å²) in [6, 6.07) is 0. The van der Waals surface area contributed by atoms with Gasteiger partial charge in [0, 0.05) is 13.1 Å². The Kier molecular flexibility index (Phi) is 4.46. The molecule has 88 valence electrons. The van der Waals surface area contributed by atoms with Crippen molar-refractivity contribution in [2.45, 2.75) is 0 Å². The summed E-state index contributed by atoms with van der Waals surface area (Å²) >= 11 is 0. The molecule has 1 rings (SSSR count). The molecule has 0 spiro atoms. The Labute approximate surface area is 93.0 Å². The number of hydrogen-bond acceptors (Lipinski definition) is 6. The van der Waals surface area contributed by atoms with Crippen molar-refractivity contribution < 1.29 is 14.3 Å². The quantitative estimate of drug-likeness (QED) is 0.680. The van der Waals surface area contributed by atoms with Crippen molar-refractivity contribution in [2.24, 2.45) is 5.73 Å². The Morgan fingerprint density at radius 1 is 1.38 bits per heavy atom. The van der Waals surface area contributed by atoms with Crippen LogP contribution in [0.3, 0.4) is 0 Å². The lowest BCUT2D eigenvalue weighted by Crippen LogP contribution is -2.30. The molecule has 0 fully saturated rings. The van der Waals surface area contributed by atoms with Crippen LogP contribution < -0.4 is 20.5 Å². The largest absolute Gasteiger partial charge is 0.480 e. The number of nitrogens with two attached hydrogens (primary N) is 1. The lowest BCUT2D eigenvalue weighted by molar-refractivity contribution is 0.0946. The molecule has 0 atom stereocenters. The highest BCUT2D eigenvalue weighted by Gasteiger charge is 2.20. The summed E-state index contributed by atoms with van der Waals surface area (Å²) in [7, 11) is 2.84. The molecule has 0 unspecified atom stereocenters.